The predicted molar refractivity (Wildman–Crippen MR) is 68.0 cm³/mol. The predicted octanol–water partition coefficient (Wildman–Crippen LogP) is 0.0479. The summed E-state index contributed by atoms with van der Waals surface area (Å²) in [7, 11) is 0.863. The van der Waals surface area contributed by atoms with Crippen LogP contribution in [0, 0.1) is 0 Å². The van der Waals surface area contributed by atoms with E-state index >= 15 is 0 Å². The van der Waals surface area contributed by atoms with Crippen molar-refractivity contribution in [3.63, 3.8) is 0 Å². The molecular formula is C11H22NO6P. The standard InChI is InChI=1S/C11H22NO6P/c1-5-11(13)17-8-6-7-10(9-12(2,3)4)18-19(14,15)16/h5,10H,1,6-9H2,2-4H3,(H-,14,15,16). The number of ether oxygens (including phenoxy) is 1. The van der Waals surface area contributed by atoms with Gasteiger partial charge in [0.05, 0.1) is 27.7 Å². The van der Waals surface area contributed by atoms with Crippen LogP contribution in [0.4, 0.5) is 0 Å². The molecule has 0 heterocycles. The maximum atomic E-state index is 10.8. The Hall–Kier alpha value is -0.720. The minimum absolute atomic E-state index is 0.149. The first-order valence-corrected chi connectivity index (χ1v) is 7.35. The van der Waals surface area contributed by atoms with Gasteiger partial charge in [0.2, 0.25) is 0 Å². The first-order valence-electron chi connectivity index (χ1n) is 5.85. The topological polar surface area (TPSA) is 95.9 Å². The van der Waals surface area contributed by atoms with Crippen LogP contribution in [0.15, 0.2) is 12.7 Å². The quantitative estimate of drug-likeness (QED) is 0.212. The van der Waals surface area contributed by atoms with Crippen LogP contribution in [-0.4, -0.2) is 55.7 Å². The number of carbonyl (C=O) groups is 1. The summed E-state index contributed by atoms with van der Waals surface area (Å²) in [4.78, 5) is 30.3. The van der Waals surface area contributed by atoms with E-state index in [1.165, 1.54) is 0 Å². The van der Waals surface area contributed by atoms with Gasteiger partial charge in [0, 0.05) is 6.08 Å². The molecule has 0 saturated carbocycles. The molecule has 7 nitrogen and oxygen atoms in total. The summed E-state index contributed by atoms with van der Waals surface area (Å²) in [5.74, 6) is -0.527. The second-order valence-corrected chi connectivity index (χ2v) is 6.33. The van der Waals surface area contributed by atoms with E-state index in [0.29, 0.717) is 23.9 Å². The molecule has 0 aromatic heterocycles. The summed E-state index contributed by atoms with van der Waals surface area (Å²) in [5, 5.41) is 0. The van der Waals surface area contributed by atoms with E-state index in [4.69, 9.17) is 9.63 Å². The second-order valence-electron chi connectivity index (χ2n) is 5.18. The van der Waals surface area contributed by atoms with Gasteiger partial charge in [-0.2, -0.15) is 0 Å². The normalized spacial score (nSPS) is 16.5. The zero-order valence-electron chi connectivity index (χ0n) is 11.6. The SMILES string of the molecule is C=CC(=O)OCCCC(C[N+](C)(C)C)OP(=O)([O-])O. The molecule has 112 valence electrons. The Balaban J connectivity index is 4.23. The van der Waals surface area contributed by atoms with Crippen molar-refractivity contribution in [2.45, 2.75) is 18.9 Å². The molecule has 0 aromatic rings. The fourth-order valence-electron chi connectivity index (χ4n) is 1.52. The molecule has 2 atom stereocenters. The number of phosphoric ester groups is 1. The number of rotatable bonds is 9. The highest BCUT2D eigenvalue weighted by atomic mass is 31.2. The van der Waals surface area contributed by atoms with Gasteiger partial charge >= 0.3 is 5.97 Å². The van der Waals surface area contributed by atoms with Gasteiger partial charge in [-0.05, 0) is 12.8 Å². The molecule has 8 heteroatoms. The molecule has 19 heavy (non-hydrogen) atoms. The van der Waals surface area contributed by atoms with E-state index in [1.807, 2.05) is 21.1 Å². The third-order valence-corrected chi connectivity index (χ3v) is 2.68. The Bertz CT molecular complexity index is 346. The molecule has 0 saturated heterocycles. The highest BCUT2D eigenvalue weighted by molar-refractivity contribution is 7.44. The smallest absolute Gasteiger partial charge is 0.330 e. The number of quaternary nitrogens is 1. The largest absolute Gasteiger partial charge is 0.756 e. The van der Waals surface area contributed by atoms with Crippen LogP contribution in [-0.2, 0) is 18.6 Å². The minimum atomic E-state index is -4.77. The average molecular weight is 295 g/mol. The van der Waals surface area contributed by atoms with Crippen LogP contribution in [0.1, 0.15) is 12.8 Å². The summed E-state index contributed by atoms with van der Waals surface area (Å²) < 4.78 is 20.7. The molecule has 1 N–H and O–H groups in total. The molecule has 2 unspecified atom stereocenters. The van der Waals surface area contributed by atoms with Crippen molar-refractivity contribution in [3.8, 4) is 0 Å². The van der Waals surface area contributed by atoms with E-state index in [1.54, 1.807) is 0 Å². The lowest BCUT2D eigenvalue weighted by atomic mass is 10.2. The summed E-state index contributed by atoms with van der Waals surface area (Å²) in [5.41, 5.74) is 0. The molecule has 0 aliphatic rings. The molecule has 0 aliphatic heterocycles. The first kappa shape index (κ1) is 18.3. The third kappa shape index (κ3) is 12.1. The number of esters is 1. The number of likely N-dealkylation sites (N-methyl/N-ethyl adjacent to an activating group) is 1. The van der Waals surface area contributed by atoms with Crippen molar-refractivity contribution in [2.75, 3.05) is 34.3 Å². The van der Waals surface area contributed by atoms with Gasteiger partial charge in [-0.25, -0.2) is 4.79 Å². The van der Waals surface area contributed by atoms with Gasteiger partial charge in [-0.3, -0.25) is 4.57 Å². The van der Waals surface area contributed by atoms with Gasteiger partial charge in [0.25, 0.3) is 7.82 Å². The van der Waals surface area contributed by atoms with Gasteiger partial charge in [-0.15, -0.1) is 0 Å². The van der Waals surface area contributed by atoms with Crippen LogP contribution in [0.25, 0.3) is 0 Å². The molecule has 0 spiro atoms. The van der Waals surface area contributed by atoms with Crippen molar-refractivity contribution in [1.29, 1.82) is 0 Å². The molecule has 0 aliphatic carbocycles. The van der Waals surface area contributed by atoms with E-state index < -0.39 is 19.9 Å². The van der Waals surface area contributed by atoms with Crippen LogP contribution in [0.2, 0.25) is 0 Å². The molecular weight excluding hydrogens is 273 g/mol. The van der Waals surface area contributed by atoms with Crippen molar-refractivity contribution in [3.05, 3.63) is 12.7 Å². The zero-order valence-corrected chi connectivity index (χ0v) is 12.5. The fourth-order valence-corrected chi connectivity index (χ4v) is 2.07. The molecule has 0 radical (unpaired) electrons. The Morgan fingerprint density at radius 1 is 1.53 bits per heavy atom. The summed E-state index contributed by atoms with van der Waals surface area (Å²) in [6, 6.07) is 0. The van der Waals surface area contributed by atoms with E-state index in [-0.39, 0.29) is 6.61 Å². The fraction of sp³-hybridized carbons (Fsp3) is 0.727. The number of hydrogen-bond acceptors (Lipinski definition) is 5. The van der Waals surface area contributed by atoms with Gasteiger partial charge in [0.1, 0.15) is 12.6 Å². The van der Waals surface area contributed by atoms with Crippen LogP contribution in [0.5, 0.6) is 0 Å². The lowest BCUT2D eigenvalue weighted by Gasteiger charge is -2.31. The van der Waals surface area contributed by atoms with Gasteiger partial charge in [0.15, 0.2) is 0 Å². The summed E-state index contributed by atoms with van der Waals surface area (Å²) >= 11 is 0. The van der Waals surface area contributed by atoms with Crippen molar-refractivity contribution >= 4 is 13.8 Å². The average Bonchev–Trinajstić information content (AvgIpc) is 2.19. The Kier molecular flexibility index (Phi) is 7.47. The monoisotopic (exact) mass is 295 g/mol. The number of hydrogen-bond donors (Lipinski definition) is 1. The molecule has 0 bridgehead atoms. The Morgan fingerprint density at radius 3 is 2.53 bits per heavy atom. The van der Waals surface area contributed by atoms with Crippen LogP contribution in [0.3, 0.4) is 0 Å². The second kappa shape index (κ2) is 7.77. The number of nitrogens with zero attached hydrogens (tertiary/aromatic N) is 1. The van der Waals surface area contributed by atoms with Crippen LogP contribution < -0.4 is 4.89 Å². The first-order chi connectivity index (χ1) is 8.53. The molecule has 0 amide bonds. The number of carbonyl (C=O) groups excluding carboxylic acids is 1. The molecule has 0 aromatic carbocycles. The maximum absolute atomic E-state index is 10.8. The molecule has 0 rings (SSSR count). The van der Waals surface area contributed by atoms with Crippen LogP contribution >= 0.6 is 7.82 Å². The third-order valence-electron chi connectivity index (χ3n) is 2.12. The van der Waals surface area contributed by atoms with Gasteiger partial charge in [-0.1, -0.05) is 6.58 Å². The Labute approximate surface area is 113 Å². The van der Waals surface area contributed by atoms with Crippen molar-refractivity contribution in [1.82, 2.24) is 0 Å². The minimum Gasteiger partial charge on any atom is -0.756 e. The zero-order chi connectivity index (χ0) is 15.1. The summed E-state index contributed by atoms with van der Waals surface area (Å²) in [6.45, 7) is 3.81. The molecule has 0 fully saturated rings. The van der Waals surface area contributed by atoms with E-state index in [0.717, 1.165) is 6.08 Å². The van der Waals surface area contributed by atoms with E-state index in [9.17, 15) is 14.3 Å². The van der Waals surface area contributed by atoms with Crippen molar-refractivity contribution < 1.29 is 32.9 Å². The van der Waals surface area contributed by atoms with Gasteiger partial charge < -0.3 is 23.5 Å². The highest BCUT2D eigenvalue weighted by Gasteiger charge is 2.22. The Morgan fingerprint density at radius 2 is 2.11 bits per heavy atom. The maximum Gasteiger partial charge on any atom is 0.330 e. The number of phosphoric acid groups is 1. The highest BCUT2D eigenvalue weighted by Crippen LogP contribution is 2.34. The summed E-state index contributed by atoms with van der Waals surface area (Å²) in [6.07, 6.45) is 1.19. The van der Waals surface area contributed by atoms with E-state index in [2.05, 4.69) is 11.1 Å². The van der Waals surface area contributed by atoms with Crippen molar-refractivity contribution in [2.24, 2.45) is 0 Å². The lowest BCUT2D eigenvalue weighted by molar-refractivity contribution is -0.873. The lowest BCUT2D eigenvalue weighted by Crippen LogP contribution is -2.42.